The molecule has 5 aliphatic rings. The van der Waals surface area contributed by atoms with E-state index < -0.39 is 34.8 Å². The van der Waals surface area contributed by atoms with Crippen LogP contribution in [0.25, 0.3) is 0 Å². The first-order chi connectivity index (χ1) is 15.7. The SMILES string of the molecule is O=C(CC12CC3CC(CC(C3)C1)C2)NC(=S)N1CCN(c2c(F)c(F)c(F)c(F)c2F)CC1. The van der Waals surface area contributed by atoms with Gasteiger partial charge in [0.05, 0.1) is 0 Å². The van der Waals surface area contributed by atoms with E-state index in [-0.39, 0.29) is 42.6 Å². The molecule has 33 heavy (non-hydrogen) atoms. The molecule has 10 heteroatoms. The van der Waals surface area contributed by atoms with E-state index in [4.69, 9.17) is 12.2 Å². The van der Waals surface area contributed by atoms with Crippen LogP contribution in [0, 0.1) is 52.3 Å². The van der Waals surface area contributed by atoms with Gasteiger partial charge < -0.3 is 15.1 Å². The van der Waals surface area contributed by atoms with E-state index >= 15 is 0 Å². The predicted molar refractivity (Wildman–Crippen MR) is 116 cm³/mol. The number of amides is 1. The number of piperazine rings is 1. The van der Waals surface area contributed by atoms with Crippen LogP contribution < -0.4 is 10.2 Å². The Kier molecular flexibility index (Phi) is 5.77. The minimum Gasteiger partial charge on any atom is -0.363 e. The van der Waals surface area contributed by atoms with Gasteiger partial charge in [0, 0.05) is 32.6 Å². The molecule has 180 valence electrons. The first-order valence-corrected chi connectivity index (χ1v) is 11.9. The molecule has 4 nitrogen and oxygen atoms in total. The summed E-state index contributed by atoms with van der Waals surface area (Å²) in [4.78, 5) is 15.6. The van der Waals surface area contributed by atoms with Gasteiger partial charge in [-0.3, -0.25) is 4.79 Å². The monoisotopic (exact) mass is 487 g/mol. The third kappa shape index (κ3) is 4.08. The van der Waals surface area contributed by atoms with Crippen molar-refractivity contribution < 1.29 is 26.7 Å². The highest BCUT2D eigenvalue weighted by Gasteiger charge is 2.51. The zero-order chi connectivity index (χ0) is 23.5. The Labute approximate surface area is 194 Å². The smallest absolute Gasteiger partial charge is 0.226 e. The second kappa shape index (κ2) is 8.36. The summed E-state index contributed by atoms with van der Waals surface area (Å²) in [6.07, 6.45) is 7.69. The van der Waals surface area contributed by atoms with Gasteiger partial charge in [-0.25, -0.2) is 22.0 Å². The Morgan fingerprint density at radius 2 is 1.27 bits per heavy atom. The number of anilines is 1. The van der Waals surface area contributed by atoms with Crippen molar-refractivity contribution in [2.24, 2.45) is 23.2 Å². The van der Waals surface area contributed by atoms with Gasteiger partial charge >= 0.3 is 0 Å². The lowest BCUT2D eigenvalue weighted by molar-refractivity contribution is -0.128. The number of rotatable bonds is 3. The van der Waals surface area contributed by atoms with Gasteiger partial charge in [0.25, 0.3) is 0 Å². The third-order valence-electron chi connectivity index (χ3n) is 8.02. The van der Waals surface area contributed by atoms with Crippen molar-refractivity contribution in [1.29, 1.82) is 0 Å². The normalized spacial score (nSPS) is 30.6. The second-order valence-electron chi connectivity index (χ2n) is 10.3. The summed E-state index contributed by atoms with van der Waals surface area (Å²) in [7, 11) is 0. The zero-order valence-corrected chi connectivity index (χ0v) is 18.9. The summed E-state index contributed by atoms with van der Waals surface area (Å²) in [5.74, 6) is -7.65. The second-order valence-corrected chi connectivity index (χ2v) is 10.7. The lowest BCUT2D eigenvalue weighted by Gasteiger charge is -2.56. The molecule has 5 fully saturated rings. The number of halogens is 5. The van der Waals surface area contributed by atoms with Crippen LogP contribution >= 0.6 is 12.2 Å². The van der Waals surface area contributed by atoms with Crippen LogP contribution in [0.15, 0.2) is 0 Å². The van der Waals surface area contributed by atoms with Crippen molar-refractivity contribution in [3.05, 3.63) is 29.1 Å². The molecule has 1 N–H and O–H groups in total. The molecule has 1 heterocycles. The topological polar surface area (TPSA) is 35.6 Å². The van der Waals surface area contributed by atoms with E-state index in [1.807, 2.05) is 0 Å². The molecule has 1 aliphatic heterocycles. The average Bonchev–Trinajstić information content (AvgIpc) is 2.75. The van der Waals surface area contributed by atoms with Gasteiger partial charge in [0.15, 0.2) is 28.4 Å². The maximum Gasteiger partial charge on any atom is 0.226 e. The Hall–Kier alpha value is -1.97. The zero-order valence-electron chi connectivity index (χ0n) is 18.1. The highest BCUT2D eigenvalue weighted by atomic mass is 32.1. The van der Waals surface area contributed by atoms with E-state index in [9.17, 15) is 26.7 Å². The van der Waals surface area contributed by atoms with Crippen molar-refractivity contribution in [2.45, 2.75) is 44.9 Å². The van der Waals surface area contributed by atoms with Gasteiger partial charge in [-0.1, -0.05) is 0 Å². The number of hydrogen-bond donors (Lipinski definition) is 1. The van der Waals surface area contributed by atoms with Gasteiger partial charge in [-0.2, -0.15) is 0 Å². The Morgan fingerprint density at radius 3 is 1.76 bits per heavy atom. The van der Waals surface area contributed by atoms with Gasteiger partial charge in [-0.15, -0.1) is 0 Å². The lowest BCUT2D eigenvalue weighted by atomic mass is 9.49. The van der Waals surface area contributed by atoms with Crippen molar-refractivity contribution in [3.63, 3.8) is 0 Å². The van der Waals surface area contributed by atoms with Gasteiger partial charge in [0.2, 0.25) is 11.7 Å². The Morgan fingerprint density at radius 1 is 0.818 bits per heavy atom. The number of hydrogen-bond acceptors (Lipinski definition) is 3. The minimum atomic E-state index is -2.17. The number of thiocarbonyl (C=S) groups is 1. The van der Waals surface area contributed by atoms with Crippen LogP contribution in [0.3, 0.4) is 0 Å². The Balaban J connectivity index is 1.18. The summed E-state index contributed by atoms with van der Waals surface area (Å²) in [6, 6.07) is 0. The summed E-state index contributed by atoms with van der Waals surface area (Å²) >= 11 is 5.38. The van der Waals surface area contributed by atoms with E-state index in [1.54, 1.807) is 4.90 Å². The molecule has 0 aromatic heterocycles. The van der Waals surface area contributed by atoms with Crippen LogP contribution in [0.2, 0.25) is 0 Å². The molecular weight excluding hydrogens is 461 g/mol. The third-order valence-corrected chi connectivity index (χ3v) is 8.38. The van der Waals surface area contributed by atoms with Crippen molar-refractivity contribution in [1.82, 2.24) is 10.2 Å². The standard InChI is InChI=1S/C23H26F5N3OS/c24-16-17(25)19(27)21(20(28)18(16)26)30-1-3-31(4-2-30)22(33)29-15(32)11-23-8-12-5-13(9-23)7-14(6-12)10-23/h12-14H,1-11H2,(H,29,32,33). The van der Waals surface area contributed by atoms with E-state index in [2.05, 4.69) is 5.32 Å². The molecule has 1 aromatic carbocycles. The van der Waals surface area contributed by atoms with Crippen LogP contribution in [-0.4, -0.2) is 42.1 Å². The molecule has 1 aromatic rings. The fraction of sp³-hybridized carbons (Fsp3) is 0.652. The summed E-state index contributed by atoms with van der Waals surface area (Å²) in [5.41, 5.74) is -0.846. The van der Waals surface area contributed by atoms with Crippen molar-refractivity contribution in [3.8, 4) is 0 Å². The van der Waals surface area contributed by atoms with Crippen LogP contribution in [-0.2, 0) is 4.79 Å². The summed E-state index contributed by atoms with van der Waals surface area (Å²) in [6.45, 7) is 0.388. The molecule has 0 radical (unpaired) electrons. The predicted octanol–water partition coefficient (Wildman–Crippen LogP) is 4.51. The van der Waals surface area contributed by atoms with Crippen LogP contribution in [0.4, 0.5) is 27.6 Å². The molecule has 1 amide bonds. The molecule has 4 bridgehead atoms. The van der Waals surface area contributed by atoms with Crippen LogP contribution in [0.1, 0.15) is 44.9 Å². The highest BCUT2D eigenvalue weighted by Crippen LogP contribution is 2.61. The van der Waals surface area contributed by atoms with Gasteiger partial charge in [-0.05, 0) is 73.9 Å². The van der Waals surface area contributed by atoms with E-state index in [0.717, 1.165) is 41.9 Å². The number of benzene rings is 1. The van der Waals surface area contributed by atoms with E-state index in [0.29, 0.717) is 6.42 Å². The molecule has 0 spiro atoms. The number of nitrogens with one attached hydrogen (secondary N) is 1. The van der Waals surface area contributed by atoms with Crippen molar-refractivity contribution >= 4 is 28.9 Å². The fourth-order valence-electron chi connectivity index (χ4n) is 7.09. The summed E-state index contributed by atoms with van der Waals surface area (Å²) in [5, 5.41) is 3.05. The van der Waals surface area contributed by atoms with Crippen molar-refractivity contribution in [2.75, 3.05) is 31.1 Å². The molecule has 6 rings (SSSR count). The quantitative estimate of drug-likeness (QED) is 0.295. The lowest BCUT2D eigenvalue weighted by Crippen LogP contribution is -2.54. The maximum atomic E-state index is 14.1. The molecule has 1 saturated heterocycles. The molecular formula is C23H26F5N3OS. The molecule has 0 unspecified atom stereocenters. The molecule has 4 aliphatic carbocycles. The maximum absolute atomic E-state index is 14.1. The number of nitrogens with zero attached hydrogens (tertiary/aromatic N) is 2. The van der Waals surface area contributed by atoms with Crippen LogP contribution in [0.5, 0.6) is 0 Å². The van der Waals surface area contributed by atoms with Gasteiger partial charge in [0.1, 0.15) is 5.69 Å². The largest absolute Gasteiger partial charge is 0.363 e. The summed E-state index contributed by atoms with van der Waals surface area (Å²) < 4.78 is 68.6. The average molecular weight is 488 g/mol. The fourth-order valence-corrected chi connectivity index (χ4v) is 7.39. The number of carbonyl (C=O) groups excluding carboxylic acids is 1. The molecule has 0 atom stereocenters. The van der Waals surface area contributed by atoms with E-state index in [1.165, 1.54) is 19.3 Å². The Bertz CT molecular complexity index is 931. The molecule has 4 saturated carbocycles. The number of carbonyl (C=O) groups is 1. The first-order valence-electron chi connectivity index (χ1n) is 11.5. The highest BCUT2D eigenvalue weighted by molar-refractivity contribution is 7.80. The minimum absolute atomic E-state index is 0.00331. The first kappa shape index (κ1) is 22.8.